The molecule has 174 valence electrons. The molecule has 0 spiro atoms. The number of carbonyl (C=O) groups excluding carboxylic acids is 2. The summed E-state index contributed by atoms with van der Waals surface area (Å²) in [7, 11) is 1.73. The molecule has 33 heavy (non-hydrogen) atoms. The van der Waals surface area contributed by atoms with Crippen molar-refractivity contribution in [3.05, 3.63) is 59.2 Å². The van der Waals surface area contributed by atoms with Crippen LogP contribution in [0.15, 0.2) is 47.4 Å². The van der Waals surface area contributed by atoms with E-state index in [2.05, 4.69) is 10.2 Å². The van der Waals surface area contributed by atoms with Crippen molar-refractivity contribution in [2.45, 2.75) is 29.9 Å². The van der Waals surface area contributed by atoms with Crippen molar-refractivity contribution in [2.24, 2.45) is 0 Å². The van der Waals surface area contributed by atoms with E-state index in [0.29, 0.717) is 25.3 Å². The Bertz CT molecular complexity index is 1080. The fraction of sp³-hybridized carbons (Fsp3) is 0.375. The molecule has 2 atom stereocenters. The molecule has 0 bridgehead atoms. The number of likely N-dealkylation sites (tertiary alicyclic amines) is 1. The predicted octanol–water partition coefficient (Wildman–Crippen LogP) is 2.24. The molecular formula is C24H27N3O5S. The van der Waals surface area contributed by atoms with Crippen LogP contribution in [-0.4, -0.2) is 76.3 Å². The number of β-amino-alcohol motifs (C(OH)–C–C–N with tert-alkyl or cyclic N) is 1. The summed E-state index contributed by atoms with van der Waals surface area (Å²) in [5, 5.41) is 22.2. The number of hydrogen-bond acceptors (Lipinski definition) is 6. The van der Waals surface area contributed by atoms with Crippen LogP contribution in [0, 0.1) is 0 Å². The van der Waals surface area contributed by atoms with E-state index >= 15 is 0 Å². The van der Waals surface area contributed by atoms with Crippen LogP contribution >= 0.6 is 11.8 Å². The molecule has 8 nitrogen and oxygen atoms in total. The van der Waals surface area contributed by atoms with Gasteiger partial charge in [0.2, 0.25) is 11.8 Å². The molecule has 0 aliphatic carbocycles. The van der Waals surface area contributed by atoms with Crippen LogP contribution in [-0.2, 0) is 16.0 Å². The van der Waals surface area contributed by atoms with Gasteiger partial charge in [0.1, 0.15) is 0 Å². The molecule has 2 aliphatic rings. The van der Waals surface area contributed by atoms with Gasteiger partial charge in [-0.25, -0.2) is 4.79 Å². The number of rotatable bonds is 7. The second kappa shape index (κ2) is 9.94. The minimum absolute atomic E-state index is 0.0562. The molecule has 2 amide bonds. The molecular weight excluding hydrogens is 442 g/mol. The second-order valence-electron chi connectivity index (χ2n) is 8.50. The largest absolute Gasteiger partial charge is 0.478 e. The first-order valence-corrected chi connectivity index (χ1v) is 11.8. The van der Waals surface area contributed by atoms with E-state index in [1.165, 1.54) is 17.8 Å². The van der Waals surface area contributed by atoms with E-state index in [4.69, 9.17) is 0 Å². The van der Waals surface area contributed by atoms with Gasteiger partial charge in [-0.2, -0.15) is 0 Å². The standard InChI is InChI=1S/C24H27N3O5S/c1-26(23(30)10-15-5-6-21-19(9-15)25-22(29)14-33-21)20(13-27-8-7-18(28)12-27)16-3-2-4-17(11-16)24(31)32/h2-6,9,11,18,20,28H,7-8,10,12-14H2,1H3,(H,25,29)(H,31,32)/t18-,20+/m0/s1. The summed E-state index contributed by atoms with van der Waals surface area (Å²) in [5.41, 5.74) is 2.42. The van der Waals surface area contributed by atoms with E-state index in [9.17, 15) is 24.6 Å². The van der Waals surface area contributed by atoms with E-state index in [1.54, 1.807) is 24.1 Å². The van der Waals surface area contributed by atoms with Gasteiger partial charge in [0.15, 0.2) is 0 Å². The highest BCUT2D eigenvalue weighted by Crippen LogP contribution is 2.32. The van der Waals surface area contributed by atoms with Gasteiger partial charge in [-0.05, 0) is 41.8 Å². The number of nitrogens with zero attached hydrogens (tertiary/aromatic N) is 2. The number of thioether (sulfide) groups is 1. The Balaban J connectivity index is 1.55. The minimum atomic E-state index is -1.02. The summed E-state index contributed by atoms with van der Waals surface area (Å²) >= 11 is 1.47. The molecule has 0 saturated carbocycles. The summed E-state index contributed by atoms with van der Waals surface area (Å²) in [6.45, 7) is 1.75. The monoisotopic (exact) mass is 469 g/mol. The number of aliphatic hydroxyl groups excluding tert-OH is 1. The Hall–Kier alpha value is -2.88. The number of hydrogen-bond donors (Lipinski definition) is 3. The smallest absolute Gasteiger partial charge is 0.335 e. The number of nitrogens with one attached hydrogen (secondary N) is 1. The molecule has 1 fully saturated rings. The van der Waals surface area contributed by atoms with Crippen LogP contribution in [0.25, 0.3) is 0 Å². The molecule has 9 heteroatoms. The molecule has 0 aromatic heterocycles. The first-order chi connectivity index (χ1) is 15.8. The van der Waals surface area contributed by atoms with E-state index in [0.717, 1.165) is 28.3 Å². The first kappa shape index (κ1) is 23.3. The number of anilines is 1. The number of carbonyl (C=O) groups is 3. The molecule has 3 N–H and O–H groups in total. The number of carboxylic acid groups (broad SMARTS) is 1. The van der Waals surface area contributed by atoms with Gasteiger partial charge in [0.25, 0.3) is 0 Å². The summed E-state index contributed by atoms with van der Waals surface area (Å²) in [5.74, 6) is -0.805. The zero-order valence-electron chi connectivity index (χ0n) is 18.4. The van der Waals surface area contributed by atoms with Crippen molar-refractivity contribution in [3.8, 4) is 0 Å². The van der Waals surface area contributed by atoms with E-state index in [-0.39, 0.29) is 35.9 Å². The van der Waals surface area contributed by atoms with Gasteiger partial charge >= 0.3 is 5.97 Å². The van der Waals surface area contributed by atoms with Crippen LogP contribution in [0.1, 0.15) is 33.9 Å². The lowest BCUT2D eigenvalue weighted by atomic mass is 10.0. The highest BCUT2D eigenvalue weighted by atomic mass is 32.2. The Morgan fingerprint density at radius 1 is 1.27 bits per heavy atom. The summed E-state index contributed by atoms with van der Waals surface area (Å²) in [4.78, 5) is 41.2. The summed E-state index contributed by atoms with van der Waals surface area (Å²) in [6, 6.07) is 11.9. The SMILES string of the molecule is CN(C(=O)Cc1ccc2c(c1)NC(=O)CS2)[C@H](CN1CC[C@H](O)C1)c1cccc(C(=O)O)c1. The molecule has 2 aromatic rings. The number of benzene rings is 2. The fourth-order valence-corrected chi connectivity index (χ4v) is 5.05. The molecule has 0 unspecified atom stereocenters. The maximum absolute atomic E-state index is 13.3. The van der Waals surface area contributed by atoms with Gasteiger partial charge in [-0.15, -0.1) is 11.8 Å². The third kappa shape index (κ3) is 5.55. The third-order valence-electron chi connectivity index (χ3n) is 6.09. The Morgan fingerprint density at radius 3 is 2.82 bits per heavy atom. The van der Waals surface area contributed by atoms with Crippen molar-refractivity contribution in [1.82, 2.24) is 9.80 Å². The number of carboxylic acids is 1. The number of aromatic carboxylic acids is 1. The topological polar surface area (TPSA) is 110 Å². The molecule has 1 saturated heterocycles. The van der Waals surface area contributed by atoms with E-state index < -0.39 is 5.97 Å². The zero-order valence-corrected chi connectivity index (χ0v) is 19.2. The highest BCUT2D eigenvalue weighted by molar-refractivity contribution is 8.00. The van der Waals surface area contributed by atoms with Gasteiger partial charge < -0.3 is 20.4 Å². The van der Waals surface area contributed by atoms with Gasteiger partial charge in [-0.1, -0.05) is 18.2 Å². The fourth-order valence-electron chi connectivity index (χ4n) is 4.27. The number of likely N-dealkylation sites (N-methyl/N-ethyl adjacent to an activating group) is 1. The van der Waals surface area contributed by atoms with E-state index in [1.807, 2.05) is 24.3 Å². The predicted molar refractivity (Wildman–Crippen MR) is 125 cm³/mol. The maximum atomic E-state index is 13.3. The Labute approximate surface area is 196 Å². The van der Waals surface area contributed by atoms with Crippen LogP contribution < -0.4 is 5.32 Å². The van der Waals surface area contributed by atoms with Crippen LogP contribution in [0.2, 0.25) is 0 Å². The first-order valence-electron chi connectivity index (χ1n) is 10.8. The third-order valence-corrected chi connectivity index (χ3v) is 7.16. The van der Waals surface area contributed by atoms with Crippen LogP contribution in [0.4, 0.5) is 5.69 Å². The Kier molecular flexibility index (Phi) is 7.02. The molecule has 0 radical (unpaired) electrons. The molecule has 2 heterocycles. The average Bonchev–Trinajstić information content (AvgIpc) is 3.21. The molecule has 2 aromatic carbocycles. The van der Waals surface area contributed by atoms with Gasteiger partial charge in [0.05, 0.1) is 35.6 Å². The normalized spacial score (nSPS) is 19.0. The van der Waals surface area contributed by atoms with Crippen molar-refractivity contribution in [2.75, 3.05) is 37.8 Å². The lowest BCUT2D eigenvalue weighted by Gasteiger charge is -2.32. The van der Waals surface area contributed by atoms with Crippen molar-refractivity contribution in [3.63, 3.8) is 0 Å². The summed E-state index contributed by atoms with van der Waals surface area (Å²) in [6.07, 6.45) is 0.445. The number of fused-ring (bicyclic) bond motifs is 1. The zero-order chi connectivity index (χ0) is 23.5. The Morgan fingerprint density at radius 2 is 2.09 bits per heavy atom. The lowest BCUT2D eigenvalue weighted by molar-refractivity contribution is -0.131. The highest BCUT2D eigenvalue weighted by Gasteiger charge is 2.29. The molecule has 2 aliphatic heterocycles. The lowest BCUT2D eigenvalue weighted by Crippen LogP contribution is -2.39. The minimum Gasteiger partial charge on any atom is -0.478 e. The van der Waals surface area contributed by atoms with Gasteiger partial charge in [0, 0.05) is 31.6 Å². The number of amides is 2. The second-order valence-corrected chi connectivity index (χ2v) is 9.51. The van der Waals surface area contributed by atoms with Crippen molar-refractivity contribution >= 4 is 35.2 Å². The van der Waals surface area contributed by atoms with Gasteiger partial charge in [-0.3, -0.25) is 14.5 Å². The van der Waals surface area contributed by atoms with Crippen molar-refractivity contribution < 1.29 is 24.6 Å². The summed E-state index contributed by atoms with van der Waals surface area (Å²) < 4.78 is 0. The van der Waals surface area contributed by atoms with Crippen LogP contribution in [0.3, 0.4) is 0 Å². The van der Waals surface area contributed by atoms with Crippen LogP contribution in [0.5, 0.6) is 0 Å². The average molecular weight is 470 g/mol. The van der Waals surface area contributed by atoms with Crippen molar-refractivity contribution in [1.29, 1.82) is 0 Å². The molecule has 4 rings (SSSR count). The number of aliphatic hydroxyl groups is 1. The maximum Gasteiger partial charge on any atom is 0.335 e. The quantitative estimate of drug-likeness (QED) is 0.570.